The molecule has 0 aliphatic carbocycles. The molecule has 2 aliphatic rings. The van der Waals surface area contributed by atoms with E-state index in [-0.39, 0.29) is 0 Å². The first-order valence-corrected chi connectivity index (χ1v) is 5.38. The van der Waals surface area contributed by atoms with Crippen LogP contribution in [0.25, 0.3) is 0 Å². The van der Waals surface area contributed by atoms with Gasteiger partial charge in [-0.2, -0.15) is 0 Å². The summed E-state index contributed by atoms with van der Waals surface area (Å²) in [5, 5.41) is 7.94. The molecular weight excluding hydrogens is 180 g/mol. The first kappa shape index (κ1) is 9.93. The number of nitrogens with zero attached hydrogens (tertiary/aromatic N) is 1. The lowest BCUT2D eigenvalue weighted by Gasteiger charge is -2.29. The standard InChI is InChI=1S/C10H18N2O2/c11-10(8-9-2-1-5-14-9)12-3-6-13-7-4-12/h9,11H,1-8H2. The Morgan fingerprint density at radius 3 is 2.71 bits per heavy atom. The molecule has 0 amide bonds. The minimum absolute atomic E-state index is 0.297. The normalized spacial score (nSPS) is 28.0. The second kappa shape index (κ2) is 4.75. The van der Waals surface area contributed by atoms with E-state index in [9.17, 15) is 0 Å². The van der Waals surface area contributed by atoms with Crippen LogP contribution < -0.4 is 0 Å². The third-order valence-corrected chi connectivity index (χ3v) is 2.84. The van der Waals surface area contributed by atoms with E-state index in [0.29, 0.717) is 6.10 Å². The molecule has 80 valence electrons. The molecule has 0 aromatic rings. The average Bonchev–Trinajstić information content (AvgIpc) is 2.72. The van der Waals surface area contributed by atoms with E-state index in [1.165, 1.54) is 0 Å². The van der Waals surface area contributed by atoms with Crippen molar-refractivity contribution in [3.05, 3.63) is 0 Å². The Morgan fingerprint density at radius 1 is 1.29 bits per heavy atom. The minimum atomic E-state index is 0.297. The molecule has 14 heavy (non-hydrogen) atoms. The lowest BCUT2D eigenvalue weighted by atomic mass is 10.1. The van der Waals surface area contributed by atoms with Gasteiger partial charge in [-0.05, 0) is 12.8 Å². The fourth-order valence-corrected chi connectivity index (χ4v) is 1.98. The minimum Gasteiger partial charge on any atom is -0.378 e. The van der Waals surface area contributed by atoms with Crippen LogP contribution in [0.5, 0.6) is 0 Å². The number of nitrogens with one attached hydrogen (secondary N) is 1. The Labute approximate surface area is 84.7 Å². The quantitative estimate of drug-likeness (QED) is 0.529. The van der Waals surface area contributed by atoms with Gasteiger partial charge in [-0.25, -0.2) is 0 Å². The fraction of sp³-hybridized carbons (Fsp3) is 0.900. The van der Waals surface area contributed by atoms with Gasteiger partial charge in [0.15, 0.2) is 0 Å². The number of rotatable bonds is 2. The van der Waals surface area contributed by atoms with Gasteiger partial charge in [0.1, 0.15) is 0 Å². The molecule has 2 rings (SSSR count). The lowest BCUT2D eigenvalue weighted by molar-refractivity contribution is 0.0632. The summed E-state index contributed by atoms with van der Waals surface area (Å²) in [7, 11) is 0. The summed E-state index contributed by atoms with van der Waals surface area (Å²) in [6.07, 6.45) is 3.35. The second-order valence-electron chi connectivity index (χ2n) is 3.89. The van der Waals surface area contributed by atoms with Crippen LogP contribution in [0.4, 0.5) is 0 Å². The van der Waals surface area contributed by atoms with E-state index in [0.717, 1.165) is 58.0 Å². The molecule has 4 heteroatoms. The van der Waals surface area contributed by atoms with E-state index in [2.05, 4.69) is 4.90 Å². The van der Waals surface area contributed by atoms with Crippen LogP contribution >= 0.6 is 0 Å². The Balaban J connectivity index is 1.75. The van der Waals surface area contributed by atoms with E-state index in [1.807, 2.05) is 0 Å². The van der Waals surface area contributed by atoms with E-state index < -0.39 is 0 Å². The van der Waals surface area contributed by atoms with Gasteiger partial charge in [0, 0.05) is 26.1 Å². The maximum atomic E-state index is 7.94. The highest BCUT2D eigenvalue weighted by Gasteiger charge is 2.21. The molecule has 4 nitrogen and oxygen atoms in total. The van der Waals surface area contributed by atoms with Gasteiger partial charge in [0.05, 0.1) is 25.2 Å². The van der Waals surface area contributed by atoms with E-state index >= 15 is 0 Å². The van der Waals surface area contributed by atoms with Gasteiger partial charge in [0.2, 0.25) is 0 Å². The van der Waals surface area contributed by atoms with Crippen LogP contribution in [0.1, 0.15) is 19.3 Å². The van der Waals surface area contributed by atoms with Crippen LogP contribution in [0.15, 0.2) is 0 Å². The van der Waals surface area contributed by atoms with Crippen LogP contribution in [0, 0.1) is 5.41 Å². The maximum absolute atomic E-state index is 7.94. The molecule has 0 spiro atoms. The van der Waals surface area contributed by atoms with Crippen LogP contribution in [0.2, 0.25) is 0 Å². The third kappa shape index (κ3) is 2.45. The predicted molar refractivity (Wildman–Crippen MR) is 53.7 cm³/mol. The largest absolute Gasteiger partial charge is 0.378 e. The van der Waals surface area contributed by atoms with Crippen molar-refractivity contribution >= 4 is 5.84 Å². The number of morpholine rings is 1. The average molecular weight is 198 g/mol. The van der Waals surface area contributed by atoms with Gasteiger partial charge in [-0.3, -0.25) is 5.41 Å². The monoisotopic (exact) mass is 198 g/mol. The number of ether oxygens (including phenoxy) is 2. The molecule has 0 bridgehead atoms. The molecule has 0 radical (unpaired) electrons. The van der Waals surface area contributed by atoms with Crippen molar-refractivity contribution in [2.24, 2.45) is 0 Å². The summed E-state index contributed by atoms with van der Waals surface area (Å²) < 4.78 is 10.8. The summed E-state index contributed by atoms with van der Waals surface area (Å²) in [5.74, 6) is 0.722. The Bertz CT molecular complexity index is 196. The maximum Gasteiger partial charge on any atom is 0.0985 e. The highest BCUT2D eigenvalue weighted by atomic mass is 16.5. The molecule has 0 aromatic heterocycles. The van der Waals surface area contributed by atoms with Crippen molar-refractivity contribution in [2.75, 3.05) is 32.9 Å². The number of amidine groups is 1. The molecule has 2 aliphatic heterocycles. The molecule has 2 heterocycles. The van der Waals surface area contributed by atoms with Crippen LogP contribution in [0.3, 0.4) is 0 Å². The molecule has 0 saturated carbocycles. The molecule has 1 atom stereocenters. The number of hydrogen-bond acceptors (Lipinski definition) is 3. The summed E-state index contributed by atoms with van der Waals surface area (Å²) >= 11 is 0. The van der Waals surface area contributed by atoms with Gasteiger partial charge >= 0.3 is 0 Å². The van der Waals surface area contributed by atoms with Crippen LogP contribution in [-0.4, -0.2) is 49.7 Å². The summed E-state index contributed by atoms with van der Waals surface area (Å²) in [6.45, 7) is 4.12. The van der Waals surface area contributed by atoms with Crippen molar-refractivity contribution in [3.63, 3.8) is 0 Å². The highest BCUT2D eigenvalue weighted by molar-refractivity contribution is 5.79. The van der Waals surface area contributed by atoms with Gasteiger partial charge in [-0.1, -0.05) is 0 Å². The summed E-state index contributed by atoms with van der Waals surface area (Å²) in [6, 6.07) is 0. The smallest absolute Gasteiger partial charge is 0.0985 e. The van der Waals surface area contributed by atoms with Crippen molar-refractivity contribution in [1.29, 1.82) is 5.41 Å². The zero-order valence-electron chi connectivity index (χ0n) is 8.50. The fourth-order valence-electron chi connectivity index (χ4n) is 1.98. The lowest BCUT2D eigenvalue weighted by Crippen LogP contribution is -2.41. The molecule has 1 unspecified atom stereocenters. The zero-order chi connectivity index (χ0) is 9.80. The number of hydrogen-bond donors (Lipinski definition) is 1. The molecular formula is C10H18N2O2. The predicted octanol–water partition coefficient (Wildman–Crippen LogP) is 0.865. The van der Waals surface area contributed by atoms with Crippen molar-refractivity contribution in [2.45, 2.75) is 25.4 Å². The molecule has 0 aromatic carbocycles. The second-order valence-corrected chi connectivity index (χ2v) is 3.89. The van der Waals surface area contributed by atoms with Gasteiger partial charge < -0.3 is 14.4 Å². The van der Waals surface area contributed by atoms with E-state index in [4.69, 9.17) is 14.9 Å². The summed E-state index contributed by atoms with van der Waals surface area (Å²) in [5.41, 5.74) is 0. The Kier molecular flexibility index (Phi) is 3.37. The van der Waals surface area contributed by atoms with Gasteiger partial charge in [0.25, 0.3) is 0 Å². The first-order chi connectivity index (χ1) is 6.86. The highest BCUT2D eigenvalue weighted by Crippen LogP contribution is 2.16. The topological polar surface area (TPSA) is 45.5 Å². The van der Waals surface area contributed by atoms with Crippen molar-refractivity contribution in [1.82, 2.24) is 4.90 Å². The Hall–Kier alpha value is -0.610. The Morgan fingerprint density at radius 2 is 2.07 bits per heavy atom. The van der Waals surface area contributed by atoms with Crippen LogP contribution in [-0.2, 0) is 9.47 Å². The van der Waals surface area contributed by atoms with E-state index in [1.54, 1.807) is 0 Å². The SMILES string of the molecule is N=C(CC1CCCO1)N1CCOCC1. The zero-order valence-corrected chi connectivity index (χ0v) is 8.50. The van der Waals surface area contributed by atoms with Gasteiger partial charge in [-0.15, -0.1) is 0 Å². The third-order valence-electron chi connectivity index (χ3n) is 2.84. The molecule has 2 saturated heterocycles. The summed E-state index contributed by atoms with van der Waals surface area (Å²) in [4.78, 5) is 2.10. The molecule has 2 fully saturated rings. The van der Waals surface area contributed by atoms with Crippen molar-refractivity contribution in [3.8, 4) is 0 Å². The van der Waals surface area contributed by atoms with Crippen molar-refractivity contribution < 1.29 is 9.47 Å². The molecule has 1 N–H and O–H groups in total. The first-order valence-electron chi connectivity index (χ1n) is 5.38.